The molecule has 6 rings (SSSR count). The molecule has 2 saturated heterocycles. The molecule has 7 heteroatoms. The highest BCUT2D eigenvalue weighted by Gasteiger charge is 2.51. The Morgan fingerprint density at radius 1 is 1.11 bits per heavy atom. The van der Waals surface area contributed by atoms with Gasteiger partial charge in [-0.1, -0.05) is 24.3 Å². The molecule has 35 heavy (non-hydrogen) atoms. The zero-order valence-electron chi connectivity index (χ0n) is 20.6. The summed E-state index contributed by atoms with van der Waals surface area (Å²) < 4.78 is 7.34. The number of nitrogens with zero attached hydrogens (tertiary/aromatic N) is 5. The lowest BCUT2D eigenvalue weighted by Gasteiger charge is -2.56. The van der Waals surface area contributed by atoms with Crippen molar-refractivity contribution < 1.29 is 9.53 Å². The van der Waals surface area contributed by atoms with Crippen molar-refractivity contribution in [2.45, 2.75) is 44.7 Å². The van der Waals surface area contributed by atoms with E-state index in [0.29, 0.717) is 29.7 Å². The number of methoxy groups -OCH3 is 1. The van der Waals surface area contributed by atoms with Gasteiger partial charge in [-0.15, -0.1) is 0 Å². The summed E-state index contributed by atoms with van der Waals surface area (Å²) in [6.07, 6.45) is 9.36. The van der Waals surface area contributed by atoms with Crippen molar-refractivity contribution in [3.05, 3.63) is 77.4 Å². The predicted molar refractivity (Wildman–Crippen MR) is 133 cm³/mol. The first-order valence-corrected chi connectivity index (χ1v) is 12.6. The molecule has 1 unspecified atom stereocenters. The van der Waals surface area contributed by atoms with Crippen LogP contribution < -0.4 is 4.74 Å². The molecule has 7 nitrogen and oxygen atoms in total. The Morgan fingerprint density at radius 2 is 1.91 bits per heavy atom. The first-order valence-electron chi connectivity index (χ1n) is 12.6. The summed E-state index contributed by atoms with van der Waals surface area (Å²) in [5.74, 6) is 0.887. The molecule has 1 aromatic carbocycles. The van der Waals surface area contributed by atoms with Gasteiger partial charge in [0.2, 0.25) is 5.91 Å². The molecule has 3 aliphatic rings. The number of carbonyl (C=O) groups is 1. The molecule has 2 aliphatic heterocycles. The summed E-state index contributed by atoms with van der Waals surface area (Å²) in [5.41, 5.74) is 5.24. The lowest BCUT2D eigenvalue weighted by molar-refractivity contribution is -0.137. The van der Waals surface area contributed by atoms with Crippen LogP contribution in [-0.4, -0.2) is 63.8 Å². The Labute approximate surface area is 206 Å². The maximum Gasteiger partial charge on any atom is 0.228 e. The van der Waals surface area contributed by atoms with Gasteiger partial charge in [-0.25, -0.2) is 0 Å². The van der Waals surface area contributed by atoms with Crippen LogP contribution in [0.25, 0.3) is 0 Å². The summed E-state index contributed by atoms with van der Waals surface area (Å²) in [7, 11) is 1.62. The van der Waals surface area contributed by atoms with Gasteiger partial charge in [-0.05, 0) is 60.4 Å². The number of piperidine rings is 1. The molecule has 4 heterocycles. The number of hydrogen-bond donors (Lipinski definition) is 0. The Kier molecular flexibility index (Phi) is 5.60. The Bertz CT molecular complexity index is 1200. The van der Waals surface area contributed by atoms with Crippen LogP contribution in [-0.2, 0) is 17.6 Å². The highest BCUT2D eigenvalue weighted by atomic mass is 16.5. The Balaban J connectivity index is 1.09. The van der Waals surface area contributed by atoms with E-state index in [4.69, 9.17) is 4.74 Å². The number of benzene rings is 1. The largest absolute Gasteiger partial charge is 0.495 e. The van der Waals surface area contributed by atoms with Crippen LogP contribution in [0.3, 0.4) is 0 Å². The van der Waals surface area contributed by atoms with Gasteiger partial charge >= 0.3 is 0 Å². The van der Waals surface area contributed by atoms with E-state index in [1.165, 1.54) is 16.7 Å². The maximum absolute atomic E-state index is 12.9. The molecule has 2 fully saturated rings. The van der Waals surface area contributed by atoms with Crippen LogP contribution in [0.2, 0.25) is 0 Å². The molecule has 182 valence electrons. The van der Waals surface area contributed by atoms with Crippen molar-refractivity contribution in [3.8, 4) is 5.75 Å². The van der Waals surface area contributed by atoms with Crippen molar-refractivity contribution >= 4 is 5.91 Å². The molecule has 0 saturated carbocycles. The minimum absolute atomic E-state index is 0.174. The molecule has 1 amide bonds. The molecular formula is C28H33N5O2. The average molecular weight is 472 g/mol. The summed E-state index contributed by atoms with van der Waals surface area (Å²) in [6, 6.07) is 13.4. The van der Waals surface area contributed by atoms with E-state index in [-0.39, 0.29) is 5.91 Å². The summed E-state index contributed by atoms with van der Waals surface area (Å²) in [6.45, 7) is 5.99. The van der Waals surface area contributed by atoms with Crippen LogP contribution in [0.4, 0.5) is 0 Å². The number of aromatic nitrogens is 3. The van der Waals surface area contributed by atoms with E-state index in [2.05, 4.69) is 57.1 Å². The van der Waals surface area contributed by atoms with Gasteiger partial charge in [0.25, 0.3) is 0 Å². The molecule has 0 N–H and O–H groups in total. The average Bonchev–Trinajstić information content (AvgIpc) is 3.46. The van der Waals surface area contributed by atoms with E-state index in [0.717, 1.165) is 51.1 Å². The number of pyridine rings is 1. The number of ether oxygens (including phenoxy) is 1. The first kappa shape index (κ1) is 22.3. The van der Waals surface area contributed by atoms with Gasteiger partial charge in [0.1, 0.15) is 5.75 Å². The zero-order valence-corrected chi connectivity index (χ0v) is 20.6. The van der Waals surface area contributed by atoms with E-state index >= 15 is 0 Å². The van der Waals surface area contributed by atoms with Gasteiger partial charge in [0, 0.05) is 38.1 Å². The van der Waals surface area contributed by atoms with E-state index in [1.807, 2.05) is 23.2 Å². The molecule has 2 aromatic heterocycles. The third-order valence-corrected chi connectivity index (χ3v) is 8.25. The van der Waals surface area contributed by atoms with Gasteiger partial charge in [0.15, 0.2) is 0 Å². The van der Waals surface area contributed by atoms with Crippen LogP contribution in [0.5, 0.6) is 5.75 Å². The van der Waals surface area contributed by atoms with Gasteiger partial charge in [0.05, 0.1) is 38.0 Å². The Hall–Kier alpha value is -3.19. The van der Waals surface area contributed by atoms with Crippen LogP contribution in [0.15, 0.2) is 55.0 Å². The summed E-state index contributed by atoms with van der Waals surface area (Å²) >= 11 is 0. The Morgan fingerprint density at radius 3 is 2.60 bits per heavy atom. The van der Waals surface area contributed by atoms with Crippen LogP contribution in [0.1, 0.15) is 47.3 Å². The summed E-state index contributed by atoms with van der Waals surface area (Å²) in [5, 5.41) is 4.68. The highest BCUT2D eigenvalue weighted by Crippen LogP contribution is 2.51. The SMILES string of the molecule is COc1ccc(CC(=O)N2CCC3(CC2)CN([C@@H]2c4ccccc4CC2n2cc(C)cn2)C3)nc1. The van der Waals surface area contributed by atoms with Crippen molar-refractivity contribution in [2.24, 2.45) is 5.41 Å². The number of amides is 1. The van der Waals surface area contributed by atoms with Gasteiger partial charge in [-0.3, -0.25) is 19.4 Å². The fraction of sp³-hybridized carbons (Fsp3) is 0.464. The number of fused-ring (bicyclic) bond motifs is 1. The number of aryl methyl sites for hydroxylation is 1. The monoisotopic (exact) mass is 471 g/mol. The molecule has 3 aromatic rings. The van der Waals surface area contributed by atoms with Gasteiger partial charge < -0.3 is 9.64 Å². The third kappa shape index (κ3) is 4.12. The predicted octanol–water partition coefficient (Wildman–Crippen LogP) is 3.60. The molecule has 0 bridgehead atoms. The van der Waals surface area contributed by atoms with Crippen molar-refractivity contribution in [1.29, 1.82) is 0 Å². The number of likely N-dealkylation sites (tertiary alicyclic amines) is 2. The fourth-order valence-electron chi connectivity index (χ4n) is 6.31. The quantitative estimate of drug-likeness (QED) is 0.569. The standard InChI is InChI=1S/C28H33N5O2/c1-20-15-30-33(17-20)25-13-21-5-3-4-6-24(21)27(25)32-18-28(19-32)9-11-31(12-10-28)26(34)14-22-7-8-23(35-2)16-29-22/h3-8,15-17,25,27H,9-14,18-19H2,1-2H3/t25?,27-/m1/s1. The molecular weight excluding hydrogens is 438 g/mol. The van der Waals surface area contributed by atoms with Crippen molar-refractivity contribution in [3.63, 3.8) is 0 Å². The normalized spacial score (nSPS) is 23.2. The topological polar surface area (TPSA) is 63.5 Å². The highest BCUT2D eigenvalue weighted by molar-refractivity contribution is 5.78. The molecule has 1 spiro atoms. The van der Waals surface area contributed by atoms with Crippen LogP contribution >= 0.6 is 0 Å². The molecule has 0 radical (unpaired) electrons. The number of hydrogen-bond acceptors (Lipinski definition) is 5. The fourth-order valence-corrected chi connectivity index (χ4v) is 6.31. The lowest BCUT2D eigenvalue weighted by atomic mass is 9.71. The van der Waals surface area contributed by atoms with E-state index < -0.39 is 0 Å². The van der Waals surface area contributed by atoms with Crippen LogP contribution in [0, 0.1) is 12.3 Å². The van der Waals surface area contributed by atoms with E-state index in [9.17, 15) is 4.79 Å². The molecule has 2 atom stereocenters. The number of rotatable bonds is 5. The smallest absolute Gasteiger partial charge is 0.228 e. The minimum atomic E-state index is 0.174. The third-order valence-electron chi connectivity index (χ3n) is 8.25. The van der Waals surface area contributed by atoms with Gasteiger partial charge in [-0.2, -0.15) is 5.10 Å². The lowest BCUT2D eigenvalue weighted by Crippen LogP contribution is -2.62. The second kappa shape index (κ2) is 8.79. The van der Waals surface area contributed by atoms with Crippen molar-refractivity contribution in [1.82, 2.24) is 24.6 Å². The second-order valence-corrected chi connectivity index (χ2v) is 10.6. The summed E-state index contributed by atoms with van der Waals surface area (Å²) in [4.78, 5) is 21.9. The minimum Gasteiger partial charge on any atom is -0.495 e. The number of carbonyl (C=O) groups excluding carboxylic acids is 1. The second-order valence-electron chi connectivity index (χ2n) is 10.6. The van der Waals surface area contributed by atoms with E-state index in [1.54, 1.807) is 13.3 Å². The zero-order chi connectivity index (χ0) is 24.0. The maximum atomic E-state index is 12.9. The first-order chi connectivity index (χ1) is 17.0. The molecule has 1 aliphatic carbocycles. The van der Waals surface area contributed by atoms with Crippen molar-refractivity contribution in [2.75, 3.05) is 33.3 Å².